The van der Waals surface area contributed by atoms with E-state index in [1.807, 2.05) is 48.5 Å². The van der Waals surface area contributed by atoms with Crippen molar-refractivity contribution in [1.29, 1.82) is 0 Å². The third-order valence-electron chi connectivity index (χ3n) is 4.28. The van der Waals surface area contributed by atoms with Crippen LogP contribution >= 0.6 is 23.4 Å². The van der Waals surface area contributed by atoms with Gasteiger partial charge in [-0.25, -0.2) is 5.43 Å². The maximum absolute atomic E-state index is 11.9. The Morgan fingerprint density at radius 1 is 1.09 bits per heavy atom. The molecule has 0 aliphatic carbocycles. The van der Waals surface area contributed by atoms with Gasteiger partial charge in [0.05, 0.1) is 16.9 Å². The normalized spacial score (nSPS) is 10.8. The highest BCUT2D eigenvalue weighted by Crippen LogP contribution is 2.19. The fraction of sp³-hybridized carbons (Fsp3) is 0.130. The summed E-state index contributed by atoms with van der Waals surface area (Å²) < 4.78 is 5.73. The van der Waals surface area contributed by atoms with E-state index in [0.29, 0.717) is 23.1 Å². The second-order valence-corrected chi connectivity index (χ2v) is 8.05. The molecule has 0 bridgehead atoms. The van der Waals surface area contributed by atoms with Crippen LogP contribution in [0, 0.1) is 10.1 Å². The molecule has 0 aromatic heterocycles. The summed E-state index contributed by atoms with van der Waals surface area (Å²) in [5.41, 5.74) is 5.17. The van der Waals surface area contributed by atoms with Gasteiger partial charge in [-0.1, -0.05) is 41.9 Å². The van der Waals surface area contributed by atoms with E-state index in [2.05, 4.69) is 10.5 Å². The quantitative estimate of drug-likeness (QED) is 0.250. The number of non-ortho nitro benzene ring substituents is 1. The molecule has 0 heterocycles. The molecular formula is C23H20ClN3O4S. The zero-order valence-electron chi connectivity index (χ0n) is 16.9. The van der Waals surface area contributed by atoms with Crippen LogP contribution in [0.25, 0.3) is 0 Å². The molecule has 0 aliphatic heterocycles. The number of amides is 1. The Morgan fingerprint density at radius 3 is 2.50 bits per heavy atom. The number of carbonyl (C=O) groups excluding carboxylic acids is 1. The van der Waals surface area contributed by atoms with Crippen molar-refractivity contribution >= 4 is 41.2 Å². The van der Waals surface area contributed by atoms with Crippen LogP contribution in [-0.2, 0) is 17.2 Å². The number of nitro groups is 1. The molecule has 1 N–H and O–H groups in total. The summed E-state index contributed by atoms with van der Waals surface area (Å²) in [7, 11) is 0. The number of hydrazone groups is 1. The highest BCUT2D eigenvalue weighted by Gasteiger charge is 2.05. The van der Waals surface area contributed by atoms with E-state index in [9.17, 15) is 14.9 Å². The molecule has 3 aromatic rings. The van der Waals surface area contributed by atoms with Crippen LogP contribution in [0.4, 0.5) is 5.69 Å². The molecule has 0 saturated carbocycles. The Morgan fingerprint density at radius 2 is 1.81 bits per heavy atom. The monoisotopic (exact) mass is 469 g/mol. The minimum absolute atomic E-state index is 0.0472. The van der Waals surface area contributed by atoms with Gasteiger partial charge in [-0.15, -0.1) is 11.8 Å². The van der Waals surface area contributed by atoms with E-state index in [4.69, 9.17) is 16.3 Å². The Kier molecular flexibility index (Phi) is 8.65. The van der Waals surface area contributed by atoms with Crippen molar-refractivity contribution in [2.24, 2.45) is 5.10 Å². The highest BCUT2D eigenvalue weighted by atomic mass is 35.5. The number of nitrogens with one attached hydrogen (secondary N) is 1. The fourth-order valence-corrected chi connectivity index (χ4v) is 3.58. The van der Waals surface area contributed by atoms with Crippen molar-refractivity contribution < 1.29 is 14.5 Å². The number of thioether (sulfide) groups is 1. The van der Waals surface area contributed by atoms with Gasteiger partial charge >= 0.3 is 0 Å². The number of carbonyl (C=O) groups is 1. The van der Waals surface area contributed by atoms with E-state index < -0.39 is 4.92 Å². The number of nitro benzene ring substituents is 1. The zero-order valence-corrected chi connectivity index (χ0v) is 18.5. The summed E-state index contributed by atoms with van der Waals surface area (Å²) in [5.74, 6) is 1.27. The minimum Gasteiger partial charge on any atom is -0.489 e. The lowest BCUT2D eigenvalue weighted by Gasteiger charge is -2.07. The molecule has 0 radical (unpaired) electrons. The Hall–Kier alpha value is -3.36. The summed E-state index contributed by atoms with van der Waals surface area (Å²) in [5, 5.41) is 15.3. The summed E-state index contributed by atoms with van der Waals surface area (Å²) >= 11 is 7.52. The first-order valence-electron chi connectivity index (χ1n) is 9.60. The molecule has 3 aromatic carbocycles. The van der Waals surface area contributed by atoms with Crippen LogP contribution in [0.5, 0.6) is 5.75 Å². The predicted octanol–water partition coefficient (Wildman–Crippen LogP) is 5.21. The minimum atomic E-state index is -0.441. The summed E-state index contributed by atoms with van der Waals surface area (Å²) in [6.45, 7) is 0.376. The molecule has 0 spiro atoms. The molecular weight excluding hydrogens is 450 g/mol. The Labute approximate surface area is 194 Å². The van der Waals surface area contributed by atoms with Gasteiger partial charge in [-0.3, -0.25) is 14.9 Å². The van der Waals surface area contributed by atoms with Crippen LogP contribution < -0.4 is 10.2 Å². The molecule has 32 heavy (non-hydrogen) atoms. The standard InChI is InChI=1S/C23H20ClN3O4S/c24-22-4-2-1-3-19(22)14-31-21-11-7-17(8-12-21)13-25-26-23(28)16-32-15-18-5-9-20(10-6-18)27(29)30/h1-13H,14-16H2,(H,26,28)/b25-13+. The number of hydrogen-bond acceptors (Lipinski definition) is 6. The molecule has 1 amide bonds. The molecule has 9 heteroatoms. The number of halogens is 1. The lowest BCUT2D eigenvalue weighted by atomic mass is 10.2. The number of hydrogen-bond donors (Lipinski definition) is 1. The van der Waals surface area contributed by atoms with E-state index in [1.165, 1.54) is 23.9 Å². The first kappa shape index (κ1) is 23.3. The SMILES string of the molecule is O=C(CSCc1ccc([N+](=O)[O-])cc1)N/N=C/c1ccc(OCc2ccccc2Cl)cc1. The van der Waals surface area contributed by atoms with Gasteiger partial charge in [0, 0.05) is 28.5 Å². The maximum Gasteiger partial charge on any atom is 0.269 e. The third kappa shape index (κ3) is 7.40. The van der Waals surface area contributed by atoms with E-state index >= 15 is 0 Å². The van der Waals surface area contributed by atoms with Gasteiger partial charge in [0.2, 0.25) is 5.91 Å². The van der Waals surface area contributed by atoms with Crippen molar-refractivity contribution in [3.05, 3.63) is 105 Å². The summed E-state index contributed by atoms with van der Waals surface area (Å²) in [6, 6.07) is 21.1. The van der Waals surface area contributed by atoms with E-state index in [-0.39, 0.29) is 17.3 Å². The summed E-state index contributed by atoms with van der Waals surface area (Å²) in [6.07, 6.45) is 1.55. The van der Waals surface area contributed by atoms with Crippen molar-refractivity contribution in [1.82, 2.24) is 5.43 Å². The molecule has 7 nitrogen and oxygen atoms in total. The highest BCUT2D eigenvalue weighted by molar-refractivity contribution is 7.99. The molecule has 0 unspecified atom stereocenters. The molecule has 0 saturated heterocycles. The zero-order chi connectivity index (χ0) is 22.8. The van der Waals surface area contributed by atoms with E-state index in [0.717, 1.165) is 16.7 Å². The Balaban J connectivity index is 1.38. The average Bonchev–Trinajstić information content (AvgIpc) is 2.80. The van der Waals surface area contributed by atoms with Crippen LogP contribution in [0.2, 0.25) is 5.02 Å². The van der Waals surface area contributed by atoms with Crippen molar-refractivity contribution in [3.8, 4) is 5.75 Å². The molecule has 164 valence electrons. The smallest absolute Gasteiger partial charge is 0.269 e. The van der Waals surface area contributed by atoms with Crippen molar-refractivity contribution in [3.63, 3.8) is 0 Å². The second kappa shape index (κ2) is 11.9. The summed E-state index contributed by atoms with van der Waals surface area (Å²) in [4.78, 5) is 22.1. The van der Waals surface area contributed by atoms with Gasteiger partial charge < -0.3 is 4.74 Å². The van der Waals surface area contributed by atoms with Gasteiger partial charge in [0.1, 0.15) is 12.4 Å². The number of benzene rings is 3. The lowest BCUT2D eigenvalue weighted by Crippen LogP contribution is -2.19. The largest absolute Gasteiger partial charge is 0.489 e. The van der Waals surface area contributed by atoms with Gasteiger partial charge in [0.25, 0.3) is 5.69 Å². The van der Waals surface area contributed by atoms with Gasteiger partial charge in [-0.05, 0) is 41.5 Å². The number of nitrogens with zero attached hydrogens (tertiary/aromatic N) is 2. The molecule has 0 fully saturated rings. The number of rotatable bonds is 10. The molecule has 0 aliphatic rings. The lowest BCUT2D eigenvalue weighted by molar-refractivity contribution is -0.384. The van der Waals surface area contributed by atoms with Crippen LogP contribution in [0.3, 0.4) is 0 Å². The maximum atomic E-state index is 11.9. The topological polar surface area (TPSA) is 93.8 Å². The average molecular weight is 470 g/mol. The van der Waals surface area contributed by atoms with Crippen LogP contribution in [-0.4, -0.2) is 22.8 Å². The number of ether oxygens (including phenoxy) is 1. The van der Waals surface area contributed by atoms with Crippen molar-refractivity contribution in [2.75, 3.05) is 5.75 Å². The predicted molar refractivity (Wildman–Crippen MR) is 127 cm³/mol. The van der Waals surface area contributed by atoms with Crippen LogP contribution in [0.1, 0.15) is 16.7 Å². The van der Waals surface area contributed by atoms with Crippen molar-refractivity contribution in [2.45, 2.75) is 12.4 Å². The fourth-order valence-electron chi connectivity index (χ4n) is 2.61. The Bertz CT molecular complexity index is 1090. The van der Waals surface area contributed by atoms with Gasteiger partial charge in [0.15, 0.2) is 0 Å². The van der Waals surface area contributed by atoms with Gasteiger partial charge in [-0.2, -0.15) is 5.10 Å². The third-order valence-corrected chi connectivity index (χ3v) is 5.66. The molecule has 0 atom stereocenters. The molecule has 3 rings (SSSR count). The first-order chi connectivity index (χ1) is 15.5. The van der Waals surface area contributed by atoms with E-state index in [1.54, 1.807) is 18.3 Å². The van der Waals surface area contributed by atoms with Crippen LogP contribution in [0.15, 0.2) is 77.9 Å². The second-order valence-electron chi connectivity index (χ2n) is 6.66. The first-order valence-corrected chi connectivity index (χ1v) is 11.1.